The molecule has 3 aromatic rings. The summed E-state index contributed by atoms with van der Waals surface area (Å²) in [5.74, 6) is 2.77. The summed E-state index contributed by atoms with van der Waals surface area (Å²) >= 11 is 6.36. The van der Waals surface area contributed by atoms with Gasteiger partial charge >= 0.3 is 7.12 Å². The molecule has 0 saturated carbocycles. The van der Waals surface area contributed by atoms with Crippen molar-refractivity contribution in [1.29, 1.82) is 0 Å². The molecule has 1 saturated heterocycles. The van der Waals surface area contributed by atoms with Crippen LogP contribution in [0, 0.1) is 12.3 Å². The van der Waals surface area contributed by atoms with E-state index in [1.165, 1.54) is 12.1 Å². The number of carbonyl (C=O) groups is 1. The second kappa shape index (κ2) is 14.4. The third-order valence-corrected chi connectivity index (χ3v) is 9.74. The Hall–Kier alpha value is -3.33. The van der Waals surface area contributed by atoms with Crippen LogP contribution in [-0.4, -0.2) is 57.2 Å². The Morgan fingerprint density at radius 2 is 1.67 bits per heavy atom. The van der Waals surface area contributed by atoms with Gasteiger partial charge in [-0.05, 0) is 94.0 Å². The summed E-state index contributed by atoms with van der Waals surface area (Å²) in [7, 11) is -4.24. The fourth-order valence-corrected chi connectivity index (χ4v) is 5.88. The summed E-state index contributed by atoms with van der Waals surface area (Å²) in [6.45, 7) is 11.1. The molecule has 8 nitrogen and oxygen atoms in total. The number of carbonyl (C=O) groups excluding carboxylic acids is 1. The molecule has 1 heterocycles. The van der Waals surface area contributed by atoms with Crippen LogP contribution in [0.1, 0.15) is 62.5 Å². The number of nitrogens with zero attached hydrogens (tertiary/aromatic N) is 1. The van der Waals surface area contributed by atoms with Crippen LogP contribution in [0.3, 0.4) is 0 Å². The number of nitrogens with one attached hydrogen (secondary N) is 1. The molecule has 45 heavy (non-hydrogen) atoms. The smallest absolute Gasteiger partial charge is 0.493 e. The molecule has 0 radical (unpaired) electrons. The van der Waals surface area contributed by atoms with E-state index in [-0.39, 0.29) is 23.9 Å². The maximum atomic E-state index is 14.0. The molecular weight excluding hydrogens is 611 g/mol. The molecule has 1 amide bonds. The molecule has 3 aromatic carbocycles. The van der Waals surface area contributed by atoms with Crippen LogP contribution < -0.4 is 14.9 Å². The van der Waals surface area contributed by atoms with E-state index in [0.717, 1.165) is 23.0 Å². The number of sulfonamides is 1. The standard InChI is InChI=1S/C34H40BClN2O6S/c1-7-20-37-45(40,41)30-16-9-25(10-17-30)19-21-38(24-27-23-29(36)15-18-31(27)42-22-8-2)32(39)26-11-13-28(14-12-26)35-43-33(3,4)34(5,6)44-35/h1,9-18,23,37H,8,19-22,24H2,2-6H3. The van der Waals surface area contributed by atoms with E-state index < -0.39 is 28.3 Å². The van der Waals surface area contributed by atoms with Crippen molar-refractivity contribution in [3.05, 3.63) is 88.4 Å². The molecular formula is C34H40BClN2O6S. The number of amides is 1. The Morgan fingerprint density at radius 1 is 1.02 bits per heavy atom. The Morgan fingerprint density at radius 3 is 2.27 bits per heavy atom. The van der Waals surface area contributed by atoms with E-state index in [9.17, 15) is 13.2 Å². The molecule has 1 aliphatic rings. The van der Waals surface area contributed by atoms with Gasteiger partial charge in [-0.1, -0.05) is 48.7 Å². The summed E-state index contributed by atoms with van der Waals surface area (Å²) in [5.41, 5.74) is 2.05. The first-order chi connectivity index (χ1) is 21.3. The van der Waals surface area contributed by atoms with Gasteiger partial charge < -0.3 is 18.9 Å². The van der Waals surface area contributed by atoms with Gasteiger partial charge in [-0.3, -0.25) is 4.79 Å². The molecule has 1 aliphatic heterocycles. The zero-order valence-corrected chi connectivity index (χ0v) is 28.0. The quantitative estimate of drug-likeness (QED) is 0.201. The van der Waals surface area contributed by atoms with Crippen molar-refractivity contribution in [3.8, 4) is 18.1 Å². The largest absolute Gasteiger partial charge is 0.494 e. The molecule has 1 N–H and O–H groups in total. The van der Waals surface area contributed by atoms with Crippen molar-refractivity contribution in [2.24, 2.45) is 0 Å². The van der Waals surface area contributed by atoms with Crippen molar-refractivity contribution < 1.29 is 27.3 Å². The van der Waals surface area contributed by atoms with Crippen LogP contribution in [-0.2, 0) is 32.3 Å². The van der Waals surface area contributed by atoms with Gasteiger partial charge in [0.15, 0.2) is 0 Å². The zero-order chi connectivity index (χ0) is 32.8. The van der Waals surface area contributed by atoms with E-state index in [1.807, 2.05) is 58.9 Å². The molecule has 0 aliphatic carbocycles. The molecule has 0 aromatic heterocycles. The predicted octanol–water partition coefficient (Wildman–Crippen LogP) is 5.22. The lowest BCUT2D eigenvalue weighted by Crippen LogP contribution is -2.41. The molecule has 0 atom stereocenters. The van der Waals surface area contributed by atoms with Crippen molar-refractivity contribution in [3.63, 3.8) is 0 Å². The number of hydrogen-bond donors (Lipinski definition) is 1. The van der Waals surface area contributed by atoms with Crippen molar-refractivity contribution in [2.45, 2.75) is 70.1 Å². The summed E-state index contributed by atoms with van der Waals surface area (Å²) in [4.78, 5) is 15.9. The number of ether oxygens (including phenoxy) is 1. The van der Waals surface area contributed by atoms with Crippen LogP contribution in [0.2, 0.25) is 5.02 Å². The Kier molecular flexibility index (Phi) is 11.1. The van der Waals surface area contributed by atoms with Gasteiger partial charge in [0.05, 0.1) is 29.2 Å². The second-order valence-electron chi connectivity index (χ2n) is 12.0. The minimum atomic E-state index is -3.70. The topological polar surface area (TPSA) is 94.2 Å². The van der Waals surface area contributed by atoms with Crippen LogP contribution in [0.5, 0.6) is 5.75 Å². The molecule has 238 valence electrons. The number of hydrogen-bond acceptors (Lipinski definition) is 6. The maximum absolute atomic E-state index is 14.0. The van der Waals surface area contributed by atoms with Gasteiger partial charge in [-0.2, -0.15) is 4.72 Å². The summed E-state index contributed by atoms with van der Waals surface area (Å²) in [6, 6.07) is 19.2. The Labute approximate surface area is 272 Å². The minimum Gasteiger partial charge on any atom is -0.493 e. The van der Waals surface area contributed by atoms with E-state index in [1.54, 1.807) is 35.2 Å². The van der Waals surface area contributed by atoms with Crippen LogP contribution in [0.4, 0.5) is 0 Å². The van der Waals surface area contributed by atoms with Gasteiger partial charge in [0.1, 0.15) is 5.75 Å². The van der Waals surface area contributed by atoms with Crippen LogP contribution in [0.15, 0.2) is 71.6 Å². The van der Waals surface area contributed by atoms with E-state index in [4.69, 9.17) is 32.1 Å². The first kappa shape index (κ1) is 34.5. The first-order valence-electron chi connectivity index (χ1n) is 14.9. The molecule has 1 fully saturated rings. The molecule has 0 bridgehead atoms. The number of halogens is 1. The highest BCUT2D eigenvalue weighted by Gasteiger charge is 2.51. The van der Waals surface area contributed by atoms with Crippen molar-refractivity contribution in [2.75, 3.05) is 19.7 Å². The molecule has 0 unspecified atom stereocenters. The van der Waals surface area contributed by atoms with E-state index in [2.05, 4.69) is 10.6 Å². The third-order valence-electron chi connectivity index (χ3n) is 8.08. The van der Waals surface area contributed by atoms with Crippen molar-refractivity contribution >= 4 is 40.1 Å². The van der Waals surface area contributed by atoms with Crippen LogP contribution in [0.25, 0.3) is 0 Å². The highest BCUT2D eigenvalue weighted by Crippen LogP contribution is 2.36. The predicted molar refractivity (Wildman–Crippen MR) is 178 cm³/mol. The molecule has 4 rings (SSSR count). The fraction of sp³-hybridized carbons (Fsp3) is 0.382. The van der Waals surface area contributed by atoms with Gasteiger partial charge in [-0.25, -0.2) is 8.42 Å². The summed E-state index contributed by atoms with van der Waals surface area (Å²) < 4.78 is 45.5. The highest BCUT2D eigenvalue weighted by molar-refractivity contribution is 7.89. The third kappa shape index (κ3) is 8.49. The highest BCUT2D eigenvalue weighted by atomic mass is 35.5. The number of terminal acetylenes is 1. The number of benzene rings is 3. The summed E-state index contributed by atoms with van der Waals surface area (Å²) in [6.07, 6.45) is 6.51. The van der Waals surface area contributed by atoms with Crippen LogP contribution >= 0.6 is 11.6 Å². The first-order valence-corrected chi connectivity index (χ1v) is 16.8. The lowest BCUT2D eigenvalue weighted by molar-refractivity contribution is 0.00578. The second-order valence-corrected chi connectivity index (χ2v) is 14.2. The van der Waals surface area contributed by atoms with E-state index in [0.29, 0.717) is 35.9 Å². The minimum absolute atomic E-state index is 0.0910. The summed E-state index contributed by atoms with van der Waals surface area (Å²) in [5, 5.41) is 0.545. The average Bonchev–Trinajstić information content (AvgIpc) is 3.23. The van der Waals surface area contributed by atoms with Crippen molar-refractivity contribution in [1.82, 2.24) is 9.62 Å². The SMILES string of the molecule is C#CCNS(=O)(=O)c1ccc(CCN(Cc2cc(Cl)ccc2OCCC)C(=O)c2ccc(B3OC(C)(C)C(C)(C)O3)cc2)cc1. The van der Waals surface area contributed by atoms with Gasteiger partial charge in [-0.15, -0.1) is 6.42 Å². The Bertz CT molecular complexity index is 1620. The fourth-order valence-electron chi connectivity index (χ4n) is 4.75. The monoisotopic (exact) mass is 650 g/mol. The zero-order valence-electron chi connectivity index (χ0n) is 26.4. The molecule has 0 spiro atoms. The molecule has 11 heteroatoms. The van der Waals surface area contributed by atoms with Gasteiger partial charge in [0.2, 0.25) is 10.0 Å². The average molecular weight is 651 g/mol. The van der Waals surface area contributed by atoms with Gasteiger partial charge in [0.25, 0.3) is 5.91 Å². The normalized spacial score (nSPS) is 15.4. The maximum Gasteiger partial charge on any atom is 0.494 e. The lowest BCUT2D eigenvalue weighted by atomic mass is 9.79. The Balaban J connectivity index is 1.57. The number of rotatable bonds is 13. The van der Waals surface area contributed by atoms with Gasteiger partial charge in [0, 0.05) is 29.2 Å². The lowest BCUT2D eigenvalue weighted by Gasteiger charge is -2.32. The van der Waals surface area contributed by atoms with E-state index >= 15 is 0 Å².